The number of hydrogen-bond donors (Lipinski definition) is 0. The van der Waals surface area contributed by atoms with E-state index in [1.54, 1.807) is 6.92 Å². The van der Waals surface area contributed by atoms with Gasteiger partial charge < -0.3 is 9.47 Å². The molecule has 0 spiro atoms. The van der Waals surface area contributed by atoms with Crippen molar-refractivity contribution in [3.63, 3.8) is 0 Å². The van der Waals surface area contributed by atoms with Gasteiger partial charge in [0, 0.05) is 12.8 Å². The lowest BCUT2D eigenvalue weighted by Gasteiger charge is -2.12. The van der Waals surface area contributed by atoms with Gasteiger partial charge in [-0.1, -0.05) is 13.8 Å². The number of ether oxygens (including phenoxy) is 2. The molecule has 1 aliphatic rings. The maximum absolute atomic E-state index is 13.4. The summed E-state index contributed by atoms with van der Waals surface area (Å²) in [5.74, 6) is -0.703. The molecule has 0 aromatic rings. The van der Waals surface area contributed by atoms with Crippen molar-refractivity contribution < 1.29 is 18.7 Å². The Kier molecular flexibility index (Phi) is 3.25. The van der Waals surface area contributed by atoms with Gasteiger partial charge in [0.1, 0.15) is 0 Å². The standard InChI is InChI=1S/C9H15FO3/c1-4-7-5(2)8(10)9(13-7)12-6(3)11/h5,7-9H,4H2,1-3H3/t5-,7+,8-,9?/m1/s1. The van der Waals surface area contributed by atoms with Crippen molar-refractivity contribution >= 4 is 5.97 Å². The van der Waals surface area contributed by atoms with Crippen LogP contribution < -0.4 is 0 Å². The Morgan fingerprint density at radius 3 is 2.62 bits per heavy atom. The molecule has 1 aliphatic heterocycles. The monoisotopic (exact) mass is 190 g/mol. The van der Waals surface area contributed by atoms with Crippen molar-refractivity contribution in [1.82, 2.24) is 0 Å². The van der Waals surface area contributed by atoms with Crippen LogP contribution in [0, 0.1) is 5.92 Å². The Bertz CT molecular complexity index is 195. The summed E-state index contributed by atoms with van der Waals surface area (Å²) in [4.78, 5) is 10.6. The number of carbonyl (C=O) groups is 1. The van der Waals surface area contributed by atoms with Gasteiger partial charge in [0.2, 0.25) is 6.29 Å². The lowest BCUT2D eigenvalue weighted by atomic mass is 10.0. The molecule has 1 heterocycles. The summed E-state index contributed by atoms with van der Waals surface area (Å²) in [6.07, 6.45) is -1.61. The van der Waals surface area contributed by atoms with Gasteiger partial charge in [0.15, 0.2) is 6.17 Å². The van der Waals surface area contributed by atoms with Crippen molar-refractivity contribution in [2.24, 2.45) is 5.92 Å². The molecule has 0 aliphatic carbocycles. The Labute approximate surface area is 77.2 Å². The third kappa shape index (κ3) is 2.18. The molecule has 0 aromatic carbocycles. The van der Waals surface area contributed by atoms with Crippen LogP contribution >= 0.6 is 0 Å². The van der Waals surface area contributed by atoms with E-state index in [0.717, 1.165) is 6.42 Å². The van der Waals surface area contributed by atoms with Crippen molar-refractivity contribution in [2.45, 2.75) is 45.8 Å². The number of rotatable bonds is 2. The van der Waals surface area contributed by atoms with Gasteiger partial charge in [-0.2, -0.15) is 0 Å². The highest BCUT2D eigenvalue weighted by Crippen LogP contribution is 2.31. The van der Waals surface area contributed by atoms with Crippen LogP contribution in [0.1, 0.15) is 27.2 Å². The molecular weight excluding hydrogens is 175 g/mol. The third-order valence-corrected chi connectivity index (χ3v) is 2.34. The number of carbonyl (C=O) groups excluding carboxylic acids is 1. The van der Waals surface area contributed by atoms with Crippen molar-refractivity contribution in [3.05, 3.63) is 0 Å². The minimum absolute atomic E-state index is 0.139. The average molecular weight is 190 g/mol. The number of hydrogen-bond acceptors (Lipinski definition) is 3. The van der Waals surface area contributed by atoms with E-state index < -0.39 is 18.4 Å². The molecule has 4 atom stereocenters. The minimum Gasteiger partial charge on any atom is -0.433 e. The number of alkyl halides is 1. The smallest absolute Gasteiger partial charge is 0.305 e. The Balaban J connectivity index is 2.55. The van der Waals surface area contributed by atoms with Crippen LogP contribution in [0.25, 0.3) is 0 Å². The van der Waals surface area contributed by atoms with Crippen molar-refractivity contribution in [2.75, 3.05) is 0 Å². The predicted molar refractivity (Wildman–Crippen MR) is 44.8 cm³/mol. The first kappa shape index (κ1) is 10.4. The SMILES string of the molecule is CC[C@@H]1OC(OC(C)=O)[C@H](F)[C@@H]1C. The van der Waals surface area contributed by atoms with Crippen LogP contribution in [-0.4, -0.2) is 24.5 Å². The molecule has 0 aromatic heterocycles. The highest BCUT2D eigenvalue weighted by atomic mass is 19.1. The molecule has 0 N–H and O–H groups in total. The lowest BCUT2D eigenvalue weighted by Crippen LogP contribution is -2.25. The van der Waals surface area contributed by atoms with E-state index in [-0.39, 0.29) is 12.0 Å². The fourth-order valence-corrected chi connectivity index (χ4v) is 1.55. The summed E-state index contributed by atoms with van der Waals surface area (Å²) in [5, 5.41) is 0. The third-order valence-electron chi connectivity index (χ3n) is 2.34. The molecule has 13 heavy (non-hydrogen) atoms. The maximum Gasteiger partial charge on any atom is 0.305 e. The molecule has 1 rings (SSSR count). The van der Waals surface area contributed by atoms with Crippen molar-refractivity contribution in [3.8, 4) is 0 Å². The van der Waals surface area contributed by atoms with Crippen LogP contribution in [0.15, 0.2) is 0 Å². The van der Waals surface area contributed by atoms with Gasteiger partial charge >= 0.3 is 5.97 Å². The molecule has 0 saturated carbocycles. The highest BCUT2D eigenvalue weighted by molar-refractivity contribution is 5.66. The first-order valence-corrected chi connectivity index (χ1v) is 4.53. The summed E-state index contributed by atoms with van der Waals surface area (Å²) in [7, 11) is 0. The maximum atomic E-state index is 13.4. The molecule has 76 valence electrons. The second-order valence-electron chi connectivity index (χ2n) is 3.36. The predicted octanol–water partition coefficient (Wildman–Crippen LogP) is 1.66. The molecule has 0 radical (unpaired) electrons. The van der Waals surface area contributed by atoms with Gasteiger partial charge in [-0.15, -0.1) is 0 Å². The Hall–Kier alpha value is -0.640. The largest absolute Gasteiger partial charge is 0.433 e. The molecule has 0 amide bonds. The second kappa shape index (κ2) is 4.05. The second-order valence-corrected chi connectivity index (χ2v) is 3.36. The summed E-state index contributed by atoms with van der Waals surface area (Å²) in [5.41, 5.74) is 0. The topological polar surface area (TPSA) is 35.5 Å². The van der Waals surface area contributed by atoms with Crippen LogP contribution in [0.3, 0.4) is 0 Å². The summed E-state index contributed by atoms with van der Waals surface area (Å²) < 4.78 is 23.3. The van der Waals surface area contributed by atoms with Crippen LogP contribution in [-0.2, 0) is 14.3 Å². The first-order valence-electron chi connectivity index (χ1n) is 4.53. The van der Waals surface area contributed by atoms with Crippen LogP contribution in [0.4, 0.5) is 4.39 Å². The van der Waals surface area contributed by atoms with Crippen molar-refractivity contribution in [1.29, 1.82) is 0 Å². The van der Waals surface area contributed by atoms with Crippen LogP contribution in [0.2, 0.25) is 0 Å². The summed E-state index contributed by atoms with van der Waals surface area (Å²) in [6.45, 7) is 4.94. The highest BCUT2D eigenvalue weighted by Gasteiger charge is 2.43. The first-order chi connectivity index (χ1) is 6.06. The fourth-order valence-electron chi connectivity index (χ4n) is 1.55. The molecule has 4 heteroatoms. The van der Waals surface area contributed by atoms with Gasteiger partial charge in [-0.3, -0.25) is 4.79 Å². The number of esters is 1. The molecule has 0 bridgehead atoms. The van der Waals surface area contributed by atoms with E-state index in [1.807, 2.05) is 6.92 Å². The van der Waals surface area contributed by atoms with Crippen LogP contribution in [0.5, 0.6) is 0 Å². The number of halogens is 1. The Morgan fingerprint density at radius 1 is 1.62 bits per heavy atom. The van der Waals surface area contributed by atoms with E-state index in [2.05, 4.69) is 4.74 Å². The van der Waals surface area contributed by atoms with Gasteiger partial charge in [-0.25, -0.2) is 4.39 Å². The van der Waals surface area contributed by atoms with E-state index >= 15 is 0 Å². The Morgan fingerprint density at radius 2 is 2.23 bits per heavy atom. The van der Waals surface area contributed by atoms with E-state index in [1.165, 1.54) is 6.92 Å². The molecule has 1 fully saturated rings. The quantitative estimate of drug-likeness (QED) is 0.621. The van der Waals surface area contributed by atoms with Gasteiger partial charge in [0.05, 0.1) is 6.10 Å². The molecular formula is C9H15FO3. The summed E-state index contributed by atoms with van der Waals surface area (Å²) >= 11 is 0. The average Bonchev–Trinajstić information content (AvgIpc) is 2.32. The van der Waals surface area contributed by atoms with E-state index in [9.17, 15) is 9.18 Å². The normalized spacial score (nSPS) is 39.1. The zero-order valence-corrected chi connectivity index (χ0v) is 8.12. The molecule has 1 unspecified atom stereocenters. The van der Waals surface area contributed by atoms with E-state index in [0.29, 0.717) is 0 Å². The zero-order chi connectivity index (χ0) is 10.0. The van der Waals surface area contributed by atoms with Gasteiger partial charge in [-0.05, 0) is 6.42 Å². The minimum atomic E-state index is -1.20. The zero-order valence-electron chi connectivity index (χ0n) is 8.12. The molecule has 3 nitrogen and oxygen atoms in total. The fraction of sp³-hybridized carbons (Fsp3) is 0.889. The lowest BCUT2D eigenvalue weighted by molar-refractivity contribution is -0.180. The van der Waals surface area contributed by atoms with E-state index in [4.69, 9.17) is 4.74 Å². The summed E-state index contributed by atoms with van der Waals surface area (Å²) in [6, 6.07) is 0. The molecule has 1 saturated heterocycles. The van der Waals surface area contributed by atoms with Gasteiger partial charge in [0.25, 0.3) is 0 Å².